The second kappa shape index (κ2) is 7.22. The first-order valence-electron chi connectivity index (χ1n) is 7.14. The lowest BCUT2D eigenvalue weighted by Gasteiger charge is -2.17. The highest BCUT2D eigenvalue weighted by atomic mass is 15.1. The lowest BCUT2D eigenvalue weighted by molar-refractivity contribution is 0.319. The van der Waals surface area contributed by atoms with Crippen LogP contribution in [0.25, 0.3) is 0 Å². The standard InChI is InChI=1S/C18H24N2/c1-15-7-9-16(10-8-15)13-20(3)14-18-6-4-5-17(11-18)12-19-2/h4-11,19H,12-14H2,1-3H3. The van der Waals surface area contributed by atoms with Crippen LogP contribution in [0, 0.1) is 6.92 Å². The van der Waals surface area contributed by atoms with Gasteiger partial charge in [-0.3, -0.25) is 4.90 Å². The topological polar surface area (TPSA) is 15.3 Å². The Kier molecular flexibility index (Phi) is 5.33. The summed E-state index contributed by atoms with van der Waals surface area (Å²) in [5.41, 5.74) is 5.39. The lowest BCUT2D eigenvalue weighted by atomic mass is 10.1. The first-order chi connectivity index (χ1) is 9.67. The molecule has 20 heavy (non-hydrogen) atoms. The SMILES string of the molecule is CNCc1cccc(CN(C)Cc2ccc(C)cc2)c1. The molecule has 0 saturated carbocycles. The summed E-state index contributed by atoms with van der Waals surface area (Å²) in [6.07, 6.45) is 0. The van der Waals surface area contributed by atoms with Gasteiger partial charge in [0.15, 0.2) is 0 Å². The van der Waals surface area contributed by atoms with Crippen LogP contribution in [0.1, 0.15) is 22.3 Å². The molecule has 0 aliphatic rings. The van der Waals surface area contributed by atoms with Crippen LogP contribution < -0.4 is 5.32 Å². The third-order valence-electron chi connectivity index (χ3n) is 3.40. The zero-order chi connectivity index (χ0) is 14.4. The summed E-state index contributed by atoms with van der Waals surface area (Å²) < 4.78 is 0. The van der Waals surface area contributed by atoms with Gasteiger partial charge in [0.05, 0.1) is 0 Å². The van der Waals surface area contributed by atoms with E-state index in [2.05, 4.69) is 72.7 Å². The predicted molar refractivity (Wildman–Crippen MR) is 85.6 cm³/mol. The van der Waals surface area contributed by atoms with Crippen molar-refractivity contribution in [2.24, 2.45) is 0 Å². The number of nitrogens with one attached hydrogen (secondary N) is 1. The monoisotopic (exact) mass is 268 g/mol. The summed E-state index contributed by atoms with van der Waals surface area (Å²) in [4.78, 5) is 2.35. The number of rotatable bonds is 6. The maximum absolute atomic E-state index is 3.20. The molecule has 2 aromatic rings. The van der Waals surface area contributed by atoms with Crippen molar-refractivity contribution in [2.75, 3.05) is 14.1 Å². The molecule has 0 radical (unpaired) electrons. The smallest absolute Gasteiger partial charge is 0.0234 e. The van der Waals surface area contributed by atoms with Gasteiger partial charge in [0.1, 0.15) is 0 Å². The van der Waals surface area contributed by atoms with Gasteiger partial charge in [-0.15, -0.1) is 0 Å². The summed E-state index contributed by atoms with van der Waals surface area (Å²) in [5, 5.41) is 3.20. The average Bonchev–Trinajstić information content (AvgIpc) is 2.42. The number of benzene rings is 2. The number of hydrogen-bond acceptors (Lipinski definition) is 2. The van der Waals surface area contributed by atoms with Crippen LogP contribution in [0.2, 0.25) is 0 Å². The van der Waals surface area contributed by atoms with Crippen molar-refractivity contribution in [3.63, 3.8) is 0 Å². The highest BCUT2D eigenvalue weighted by molar-refractivity contribution is 5.24. The second-order valence-corrected chi connectivity index (χ2v) is 5.51. The Morgan fingerprint density at radius 2 is 1.55 bits per heavy atom. The fourth-order valence-electron chi connectivity index (χ4n) is 2.41. The summed E-state index contributed by atoms with van der Waals surface area (Å²) >= 11 is 0. The predicted octanol–water partition coefficient (Wildman–Crippen LogP) is 3.35. The number of hydrogen-bond donors (Lipinski definition) is 1. The molecule has 2 nitrogen and oxygen atoms in total. The van der Waals surface area contributed by atoms with Crippen molar-refractivity contribution >= 4 is 0 Å². The van der Waals surface area contributed by atoms with Gasteiger partial charge in [0, 0.05) is 19.6 Å². The highest BCUT2D eigenvalue weighted by Gasteiger charge is 2.02. The van der Waals surface area contributed by atoms with E-state index in [9.17, 15) is 0 Å². The van der Waals surface area contributed by atoms with Gasteiger partial charge in [-0.2, -0.15) is 0 Å². The van der Waals surface area contributed by atoms with E-state index in [0.717, 1.165) is 19.6 Å². The minimum absolute atomic E-state index is 0.926. The van der Waals surface area contributed by atoms with Gasteiger partial charge < -0.3 is 5.32 Å². The van der Waals surface area contributed by atoms with Crippen molar-refractivity contribution in [3.8, 4) is 0 Å². The highest BCUT2D eigenvalue weighted by Crippen LogP contribution is 2.11. The molecule has 0 heterocycles. The molecule has 2 rings (SSSR count). The van der Waals surface area contributed by atoms with Crippen LogP contribution in [0.5, 0.6) is 0 Å². The maximum atomic E-state index is 3.20. The molecule has 0 spiro atoms. The van der Waals surface area contributed by atoms with E-state index in [1.165, 1.54) is 22.3 Å². The number of aryl methyl sites for hydroxylation is 1. The van der Waals surface area contributed by atoms with Crippen LogP contribution in [0.4, 0.5) is 0 Å². The van der Waals surface area contributed by atoms with Gasteiger partial charge >= 0.3 is 0 Å². The van der Waals surface area contributed by atoms with E-state index in [0.29, 0.717) is 0 Å². The molecular formula is C18H24N2. The Morgan fingerprint density at radius 1 is 0.900 bits per heavy atom. The Hall–Kier alpha value is -1.64. The molecule has 0 saturated heterocycles. The maximum Gasteiger partial charge on any atom is 0.0234 e. The normalized spacial score (nSPS) is 11.0. The summed E-state index contributed by atoms with van der Waals surface area (Å²) in [6, 6.07) is 17.6. The molecule has 0 atom stereocenters. The molecule has 0 aliphatic heterocycles. The van der Waals surface area contributed by atoms with Crippen LogP contribution in [-0.2, 0) is 19.6 Å². The van der Waals surface area contributed by atoms with E-state index in [1.807, 2.05) is 7.05 Å². The molecule has 0 amide bonds. The van der Waals surface area contributed by atoms with E-state index >= 15 is 0 Å². The molecule has 1 N–H and O–H groups in total. The fourth-order valence-corrected chi connectivity index (χ4v) is 2.41. The fraction of sp³-hybridized carbons (Fsp3) is 0.333. The molecule has 0 bridgehead atoms. The zero-order valence-corrected chi connectivity index (χ0v) is 12.7. The van der Waals surface area contributed by atoms with Crippen molar-refractivity contribution < 1.29 is 0 Å². The van der Waals surface area contributed by atoms with Gasteiger partial charge in [-0.25, -0.2) is 0 Å². The van der Waals surface area contributed by atoms with Gasteiger partial charge in [-0.05, 0) is 37.7 Å². The first kappa shape index (κ1) is 14.8. The molecule has 0 aromatic heterocycles. The molecule has 2 heteroatoms. The first-order valence-corrected chi connectivity index (χ1v) is 7.14. The Morgan fingerprint density at radius 3 is 2.25 bits per heavy atom. The Bertz CT molecular complexity index is 531. The van der Waals surface area contributed by atoms with Gasteiger partial charge in [0.25, 0.3) is 0 Å². The van der Waals surface area contributed by atoms with Crippen LogP contribution >= 0.6 is 0 Å². The molecular weight excluding hydrogens is 244 g/mol. The average molecular weight is 268 g/mol. The third kappa shape index (κ3) is 4.48. The molecule has 0 aliphatic carbocycles. The van der Waals surface area contributed by atoms with Crippen molar-refractivity contribution in [2.45, 2.75) is 26.6 Å². The quantitative estimate of drug-likeness (QED) is 0.864. The van der Waals surface area contributed by atoms with E-state index in [1.54, 1.807) is 0 Å². The van der Waals surface area contributed by atoms with E-state index in [4.69, 9.17) is 0 Å². The summed E-state index contributed by atoms with van der Waals surface area (Å²) in [7, 11) is 4.15. The second-order valence-electron chi connectivity index (χ2n) is 5.51. The third-order valence-corrected chi connectivity index (χ3v) is 3.40. The molecule has 0 unspecified atom stereocenters. The van der Waals surface area contributed by atoms with E-state index in [-0.39, 0.29) is 0 Å². The van der Waals surface area contributed by atoms with Crippen LogP contribution in [0.3, 0.4) is 0 Å². The summed E-state index contributed by atoms with van der Waals surface area (Å²) in [5.74, 6) is 0. The molecule has 106 valence electrons. The van der Waals surface area contributed by atoms with E-state index < -0.39 is 0 Å². The largest absolute Gasteiger partial charge is 0.316 e. The van der Waals surface area contributed by atoms with Crippen molar-refractivity contribution in [1.82, 2.24) is 10.2 Å². The van der Waals surface area contributed by atoms with Gasteiger partial charge in [-0.1, -0.05) is 54.1 Å². The molecule has 2 aromatic carbocycles. The minimum atomic E-state index is 0.926. The minimum Gasteiger partial charge on any atom is -0.316 e. The van der Waals surface area contributed by atoms with Crippen molar-refractivity contribution in [1.29, 1.82) is 0 Å². The van der Waals surface area contributed by atoms with Crippen LogP contribution in [-0.4, -0.2) is 19.0 Å². The lowest BCUT2D eigenvalue weighted by Crippen LogP contribution is -2.17. The summed E-state index contributed by atoms with van der Waals surface area (Å²) in [6.45, 7) is 5.01. The zero-order valence-electron chi connectivity index (χ0n) is 12.7. The van der Waals surface area contributed by atoms with Gasteiger partial charge in [0.2, 0.25) is 0 Å². The van der Waals surface area contributed by atoms with Crippen LogP contribution in [0.15, 0.2) is 48.5 Å². The molecule has 0 fully saturated rings. The number of nitrogens with zero attached hydrogens (tertiary/aromatic N) is 1. The Labute approximate surface area is 122 Å². The Balaban J connectivity index is 1.95. The van der Waals surface area contributed by atoms with Crippen molar-refractivity contribution in [3.05, 3.63) is 70.8 Å².